The fourth-order valence-electron chi connectivity index (χ4n) is 2.82. The van der Waals surface area contributed by atoms with Crippen LogP contribution in [0.1, 0.15) is 15.9 Å². The molecule has 1 aliphatic rings. The fourth-order valence-corrected chi connectivity index (χ4v) is 3.04. The van der Waals surface area contributed by atoms with E-state index >= 15 is 0 Å². The molecule has 0 unspecified atom stereocenters. The number of anilines is 1. The van der Waals surface area contributed by atoms with Gasteiger partial charge in [-0.15, -0.1) is 0 Å². The number of morpholine rings is 1. The highest BCUT2D eigenvalue weighted by Gasteiger charge is 2.15. The molecule has 1 fully saturated rings. The number of rotatable bonds is 4. The van der Waals surface area contributed by atoms with Crippen LogP contribution in [0.25, 0.3) is 0 Å². The summed E-state index contributed by atoms with van der Waals surface area (Å²) in [6.07, 6.45) is 0. The van der Waals surface area contributed by atoms with Crippen molar-refractivity contribution < 1.29 is 9.53 Å². The summed E-state index contributed by atoms with van der Waals surface area (Å²) in [5.74, 6) is -0.0714. The van der Waals surface area contributed by atoms with Crippen LogP contribution in [0.15, 0.2) is 48.5 Å². The molecule has 1 aliphatic heterocycles. The predicted molar refractivity (Wildman–Crippen MR) is 96.7 cm³/mol. The molecule has 0 aromatic heterocycles. The maximum absolute atomic E-state index is 12.5. The Hall–Kier alpha value is -2.04. The van der Waals surface area contributed by atoms with Crippen LogP contribution in [0.3, 0.4) is 0 Å². The van der Waals surface area contributed by atoms with Gasteiger partial charge in [0.15, 0.2) is 0 Å². The normalized spacial score (nSPS) is 14.5. The van der Waals surface area contributed by atoms with E-state index in [0.717, 1.165) is 31.9 Å². The summed E-state index contributed by atoms with van der Waals surface area (Å²) in [6.45, 7) is 3.94. The molecule has 2 aromatic carbocycles. The number of nitrogens with zero attached hydrogens (tertiary/aromatic N) is 2. The van der Waals surface area contributed by atoms with Gasteiger partial charge in [0.25, 0.3) is 5.91 Å². The number of hydrogen-bond donors (Lipinski definition) is 0. The third-order valence-electron chi connectivity index (χ3n) is 4.18. The molecule has 1 saturated heterocycles. The van der Waals surface area contributed by atoms with Crippen LogP contribution in [0.5, 0.6) is 0 Å². The molecule has 0 radical (unpaired) electrons. The topological polar surface area (TPSA) is 32.8 Å². The minimum atomic E-state index is -0.0714. The molecule has 126 valence electrons. The lowest BCUT2D eigenvalue weighted by atomic mass is 10.1. The smallest absolute Gasteiger partial charge is 0.255 e. The maximum atomic E-state index is 12.5. The zero-order valence-corrected chi connectivity index (χ0v) is 14.5. The minimum Gasteiger partial charge on any atom is -0.378 e. The van der Waals surface area contributed by atoms with Gasteiger partial charge in [0, 0.05) is 32.4 Å². The number of carbonyl (C=O) groups is 1. The molecular formula is C19H21ClN2O2. The van der Waals surface area contributed by atoms with Crippen LogP contribution in [-0.2, 0) is 11.3 Å². The standard InChI is InChI=1S/C19H21ClN2O2/c1-21(19(23)17-4-2-3-5-18(17)20)14-15-6-8-16(9-7-15)22-10-12-24-13-11-22/h2-9H,10-14H2,1H3. The minimum absolute atomic E-state index is 0.0714. The van der Waals surface area contributed by atoms with Crippen LogP contribution in [-0.4, -0.2) is 44.2 Å². The lowest BCUT2D eigenvalue weighted by Gasteiger charge is -2.29. The molecule has 4 nitrogen and oxygen atoms in total. The quantitative estimate of drug-likeness (QED) is 0.851. The second-order valence-corrected chi connectivity index (χ2v) is 6.31. The van der Waals surface area contributed by atoms with E-state index in [2.05, 4.69) is 29.2 Å². The lowest BCUT2D eigenvalue weighted by molar-refractivity contribution is 0.0785. The van der Waals surface area contributed by atoms with Crippen molar-refractivity contribution in [3.05, 3.63) is 64.7 Å². The van der Waals surface area contributed by atoms with Crippen LogP contribution >= 0.6 is 11.6 Å². The van der Waals surface area contributed by atoms with Gasteiger partial charge in [-0.3, -0.25) is 4.79 Å². The van der Waals surface area contributed by atoms with Crippen molar-refractivity contribution in [2.75, 3.05) is 38.3 Å². The van der Waals surface area contributed by atoms with Gasteiger partial charge in [0.1, 0.15) is 0 Å². The van der Waals surface area contributed by atoms with Crippen molar-refractivity contribution in [1.82, 2.24) is 4.90 Å². The number of halogens is 1. The largest absolute Gasteiger partial charge is 0.378 e. The molecule has 0 atom stereocenters. The molecule has 0 spiro atoms. The molecular weight excluding hydrogens is 324 g/mol. The Morgan fingerprint density at radius 2 is 1.79 bits per heavy atom. The highest BCUT2D eigenvalue weighted by atomic mass is 35.5. The third-order valence-corrected chi connectivity index (χ3v) is 4.51. The van der Waals surface area contributed by atoms with Crippen LogP contribution in [0.4, 0.5) is 5.69 Å². The Kier molecular flexibility index (Phi) is 5.38. The highest BCUT2D eigenvalue weighted by Crippen LogP contribution is 2.20. The zero-order chi connectivity index (χ0) is 16.9. The molecule has 3 rings (SSSR count). The van der Waals surface area contributed by atoms with E-state index in [1.807, 2.05) is 12.1 Å². The first kappa shape index (κ1) is 16.8. The number of hydrogen-bond acceptors (Lipinski definition) is 3. The third kappa shape index (κ3) is 3.89. The average molecular weight is 345 g/mol. The molecule has 2 aromatic rings. The molecule has 5 heteroatoms. The summed E-state index contributed by atoms with van der Waals surface area (Å²) >= 11 is 6.11. The number of carbonyl (C=O) groups excluding carboxylic acids is 1. The van der Waals surface area contributed by atoms with Gasteiger partial charge >= 0.3 is 0 Å². The Morgan fingerprint density at radius 1 is 1.12 bits per heavy atom. The summed E-state index contributed by atoms with van der Waals surface area (Å²) in [7, 11) is 1.79. The van der Waals surface area contributed by atoms with Crippen LogP contribution in [0.2, 0.25) is 5.02 Å². The van der Waals surface area contributed by atoms with E-state index < -0.39 is 0 Å². The Labute approximate surface area is 147 Å². The Bertz CT molecular complexity index is 697. The van der Waals surface area contributed by atoms with E-state index in [9.17, 15) is 4.79 Å². The molecule has 0 bridgehead atoms. The van der Waals surface area contributed by atoms with Gasteiger partial charge in [-0.05, 0) is 29.8 Å². The second kappa shape index (κ2) is 7.69. The van der Waals surface area contributed by atoms with Gasteiger partial charge in [-0.25, -0.2) is 0 Å². The van der Waals surface area contributed by atoms with Crippen molar-refractivity contribution in [3.63, 3.8) is 0 Å². The van der Waals surface area contributed by atoms with Crippen molar-refractivity contribution >= 4 is 23.2 Å². The Morgan fingerprint density at radius 3 is 2.46 bits per heavy atom. The first-order valence-electron chi connectivity index (χ1n) is 8.07. The van der Waals surface area contributed by atoms with Crippen molar-refractivity contribution in [3.8, 4) is 0 Å². The average Bonchev–Trinajstić information content (AvgIpc) is 2.63. The van der Waals surface area contributed by atoms with E-state index in [1.54, 1.807) is 24.1 Å². The molecule has 1 heterocycles. The van der Waals surface area contributed by atoms with E-state index in [-0.39, 0.29) is 5.91 Å². The summed E-state index contributed by atoms with van der Waals surface area (Å²) in [4.78, 5) is 16.5. The van der Waals surface area contributed by atoms with Crippen molar-refractivity contribution in [2.24, 2.45) is 0 Å². The lowest BCUT2D eigenvalue weighted by Crippen LogP contribution is -2.36. The molecule has 0 aliphatic carbocycles. The van der Waals surface area contributed by atoms with Crippen LogP contribution < -0.4 is 4.90 Å². The van der Waals surface area contributed by atoms with Gasteiger partial charge in [0.2, 0.25) is 0 Å². The highest BCUT2D eigenvalue weighted by molar-refractivity contribution is 6.33. The molecule has 1 amide bonds. The summed E-state index contributed by atoms with van der Waals surface area (Å²) < 4.78 is 5.38. The van der Waals surface area contributed by atoms with Crippen LogP contribution in [0, 0.1) is 0 Å². The number of benzene rings is 2. The van der Waals surface area contributed by atoms with E-state index in [0.29, 0.717) is 17.1 Å². The molecule has 0 saturated carbocycles. The Balaban J connectivity index is 1.65. The van der Waals surface area contributed by atoms with Crippen molar-refractivity contribution in [1.29, 1.82) is 0 Å². The fraction of sp³-hybridized carbons (Fsp3) is 0.316. The maximum Gasteiger partial charge on any atom is 0.255 e. The van der Waals surface area contributed by atoms with Gasteiger partial charge in [-0.2, -0.15) is 0 Å². The number of amides is 1. The molecule has 24 heavy (non-hydrogen) atoms. The summed E-state index contributed by atoms with van der Waals surface area (Å²) in [5.41, 5.74) is 2.82. The number of ether oxygens (including phenoxy) is 1. The SMILES string of the molecule is CN(Cc1ccc(N2CCOCC2)cc1)C(=O)c1ccccc1Cl. The first-order valence-corrected chi connectivity index (χ1v) is 8.44. The van der Waals surface area contributed by atoms with Crippen molar-refractivity contribution in [2.45, 2.75) is 6.54 Å². The van der Waals surface area contributed by atoms with E-state index in [4.69, 9.17) is 16.3 Å². The van der Waals surface area contributed by atoms with Gasteiger partial charge in [-0.1, -0.05) is 35.9 Å². The summed E-state index contributed by atoms with van der Waals surface area (Å²) in [6, 6.07) is 15.5. The first-order chi connectivity index (χ1) is 11.6. The van der Waals surface area contributed by atoms with E-state index in [1.165, 1.54) is 5.69 Å². The zero-order valence-electron chi connectivity index (χ0n) is 13.7. The monoisotopic (exact) mass is 344 g/mol. The van der Waals surface area contributed by atoms with Gasteiger partial charge < -0.3 is 14.5 Å². The van der Waals surface area contributed by atoms with Gasteiger partial charge in [0.05, 0.1) is 23.8 Å². The molecule has 0 N–H and O–H groups in total. The summed E-state index contributed by atoms with van der Waals surface area (Å²) in [5, 5.41) is 0.483. The predicted octanol–water partition coefficient (Wildman–Crippen LogP) is 3.45. The second-order valence-electron chi connectivity index (χ2n) is 5.91.